The molecule has 1 saturated carbocycles. The summed E-state index contributed by atoms with van der Waals surface area (Å²) < 4.78 is 1.18. The fourth-order valence-electron chi connectivity index (χ4n) is 1.96. The van der Waals surface area contributed by atoms with Gasteiger partial charge in [0.2, 0.25) is 0 Å². The Hall–Kier alpha value is -0.690. The first-order chi connectivity index (χ1) is 8.70. The second-order valence-electron chi connectivity index (χ2n) is 4.55. The Balaban J connectivity index is 2.15. The summed E-state index contributed by atoms with van der Waals surface area (Å²) in [5.41, 5.74) is 2.47. The van der Waals surface area contributed by atoms with Gasteiger partial charge in [0.1, 0.15) is 5.82 Å². The number of nitrogens with one attached hydrogen (secondary N) is 1. The van der Waals surface area contributed by atoms with Crippen LogP contribution in [0.3, 0.4) is 0 Å². The summed E-state index contributed by atoms with van der Waals surface area (Å²) in [5, 5.41) is 5.29. The molecule has 2 aromatic heterocycles. The molecule has 1 fully saturated rings. The molecule has 18 heavy (non-hydrogen) atoms. The van der Waals surface area contributed by atoms with Crippen molar-refractivity contribution in [2.45, 2.75) is 25.7 Å². The standard InChI is InChI=1S/C13H14IN3S/c1-7-5-6-18-11(7)13-16-10(8-3-4-8)9(14)12(15-2)17-13/h5-6,8H,3-4H2,1-2H3,(H,15,16,17). The van der Waals surface area contributed by atoms with Gasteiger partial charge in [-0.15, -0.1) is 11.3 Å². The first-order valence-corrected chi connectivity index (χ1v) is 7.96. The van der Waals surface area contributed by atoms with Crippen molar-refractivity contribution in [3.63, 3.8) is 0 Å². The highest BCUT2D eigenvalue weighted by atomic mass is 127. The number of rotatable bonds is 3. The summed E-state index contributed by atoms with van der Waals surface area (Å²) in [4.78, 5) is 10.6. The minimum Gasteiger partial charge on any atom is -0.372 e. The predicted molar refractivity (Wildman–Crippen MR) is 84.3 cm³/mol. The van der Waals surface area contributed by atoms with Gasteiger partial charge in [-0.05, 0) is 59.4 Å². The van der Waals surface area contributed by atoms with E-state index in [0.29, 0.717) is 5.92 Å². The molecule has 2 aromatic rings. The maximum Gasteiger partial charge on any atom is 0.172 e. The van der Waals surface area contributed by atoms with Crippen molar-refractivity contribution in [3.8, 4) is 10.7 Å². The van der Waals surface area contributed by atoms with Gasteiger partial charge in [-0.1, -0.05) is 0 Å². The fourth-order valence-corrected chi connectivity index (χ4v) is 3.77. The Morgan fingerprint density at radius 1 is 1.39 bits per heavy atom. The molecule has 0 bridgehead atoms. The van der Waals surface area contributed by atoms with Crippen LogP contribution in [0.1, 0.15) is 30.0 Å². The van der Waals surface area contributed by atoms with Crippen LogP contribution in [0, 0.1) is 10.5 Å². The highest BCUT2D eigenvalue weighted by molar-refractivity contribution is 14.1. The van der Waals surface area contributed by atoms with Crippen LogP contribution in [0.2, 0.25) is 0 Å². The Bertz CT molecular complexity index is 590. The lowest BCUT2D eigenvalue weighted by atomic mass is 10.2. The molecule has 0 radical (unpaired) electrons. The third kappa shape index (κ3) is 2.14. The molecule has 3 rings (SSSR count). The van der Waals surface area contributed by atoms with Crippen LogP contribution in [0.25, 0.3) is 10.7 Å². The summed E-state index contributed by atoms with van der Waals surface area (Å²) in [5.74, 6) is 2.47. The third-order valence-corrected chi connectivity index (χ3v) is 5.22. The monoisotopic (exact) mass is 371 g/mol. The summed E-state index contributed by atoms with van der Waals surface area (Å²) in [6, 6.07) is 2.12. The van der Waals surface area contributed by atoms with Gasteiger partial charge in [0.15, 0.2) is 5.82 Å². The van der Waals surface area contributed by atoms with Crippen molar-refractivity contribution < 1.29 is 0 Å². The average Bonchev–Trinajstić information content (AvgIpc) is 3.12. The molecule has 0 aromatic carbocycles. The largest absolute Gasteiger partial charge is 0.372 e. The SMILES string of the molecule is CNc1nc(-c2sccc2C)nc(C2CC2)c1I. The molecule has 3 nitrogen and oxygen atoms in total. The van der Waals surface area contributed by atoms with E-state index in [0.717, 1.165) is 11.6 Å². The van der Waals surface area contributed by atoms with Gasteiger partial charge < -0.3 is 5.32 Å². The second kappa shape index (κ2) is 4.77. The first kappa shape index (κ1) is 12.3. The third-order valence-electron chi connectivity index (χ3n) is 3.14. The zero-order valence-corrected chi connectivity index (χ0v) is 13.3. The molecule has 0 saturated heterocycles. The highest BCUT2D eigenvalue weighted by Gasteiger charge is 2.29. The lowest BCUT2D eigenvalue weighted by molar-refractivity contribution is 0.980. The molecule has 1 aliphatic carbocycles. The van der Waals surface area contributed by atoms with Crippen molar-refractivity contribution in [1.29, 1.82) is 0 Å². The van der Waals surface area contributed by atoms with Crippen LogP contribution < -0.4 is 5.32 Å². The topological polar surface area (TPSA) is 37.8 Å². The van der Waals surface area contributed by atoms with Crippen LogP contribution in [0.4, 0.5) is 5.82 Å². The van der Waals surface area contributed by atoms with Crippen molar-refractivity contribution in [2.24, 2.45) is 0 Å². The van der Waals surface area contributed by atoms with Crippen molar-refractivity contribution >= 4 is 39.7 Å². The van der Waals surface area contributed by atoms with Gasteiger partial charge in [-0.25, -0.2) is 9.97 Å². The maximum atomic E-state index is 4.80. The maximum absolute atomic E-state index is 4.80. The number of hydrogen-bond donors (Lipinski definition) is 1. The zero-order chi connectivity index (χ0) is 12.7. The van der Waals surface area contributed by atoms with Crippen LogP contribution in [0.5, 0.6) is 0 Å². The molecule has 2 heterocycles. The van der Waals surface area contributed by atoms with E-state index in [9.17, 15) is 0 Å². The number of nitrogens with zero attached hydrogens (tertiary/aromatic N) is 2. The number of thiophene rings is 1. The molecule has 1 aliphatic rings. The molecular formula is C13H14IN3S. The van der Waals surface area contributed by atoms with Gasteiger partial charge in [0, 0.05) is 13.0 Å². The summed E-state index contributed by atoms with van der Waals surface area (Å²) >= 11 is 4.07. The highest BCUT2D eigenvalue weighted by Crippen LogP contribution is 2.43. The summed E-state index contributed by atoms with van der Waals surface area (Å²) in [7, 11) is 1.92. The van der Waals surface area contributed by atoms with E-state index in [4.69, 9.17) is 4.98 Å². The number of aryl methyl sites for hydroxylation is 1. The average molecular weight is 371 g/mol. The molecule has 0 spiro atoms. The molecular weight excluding hydrogens is 357 g/mol. The molecule has 0 aliphatic heterocycles. The van der Waals surface area contributed by atoms with E-state index < -0.39 is 0 Å². The number of hydrogen-bond acceptors (Lipinski definition) is 4. The van der Waals surface area contributed by atoms with Gasteiger partial charge in [-0.2, -0.15) is 0 Å². The lowest BCUT2D eigenvalue weighted by Crippen LogP contribution is -2.04. The normalized spacial score (nSPS) is 14.8. The van der Waals surface area contributed by atoms with E-state index in [1.807, 2.05) is 7.05 Å². The van der Waals surface area contributed by atoms with Crippen LogP contribution >= 0.6 is 33.9 Å². The molecule has 0 unspecified atom stereocenters. The van der Waals surface area contributed by atoms with E-state index in [2.05, 4.69) is 51.3 Å². The van der Waals surface area contributed by atoms with Crippen LogP contribution in [-0.2, 0) is 0 Å². The van der Waals surface area contributed by atoms with E-state index >= 15 is 0 Å². The number of anilines is 1. The molecule has 5 heteroatoms. The van der Waals surface area contributed by atoms with Gasteiger partial charge in [-0.3, -0.25) is 0 Å². The van der Waals surface area contributed by atoms with Crippen molar-refractivity contribution in [3.05, 3.63) is 26.3 Å². The molecule has 0 atom stereocenters. The number of aromatic nitrogens is 2. The van der Waals surface area contributed by atoms with E-state index in [-0.39, 0.29) is 0 Å². The minimum atomic E-state index is 0.644. The van der Waals surface area contributed by atoms with E-state index in [1.165, 1.54) is 32.5 Å². The predicted octanol–water partition coefficient (Wildman–Crippen LogP) is 4.04. The van der Waals surface area contributed by atoms with Crippen LogP contribution in [0.15, 0.2) is 11.4 Å². The Morgan fingerprint density at radius 3 is 2.72 bits per heavy atom. The second-order valence-corrected chi connectivity index (χ2v) is 6.55. The quantitative estimate of drug-likeness (QED) is 0.828. The van der Waals surface area contributed by atoms with Crippen molar-refractivity contribution in [2.75, 3.05) is 12.4 Å². The molecule has 0 amide bonds. The smallest absolute Gasteiger partial charge is 0.172 e. The van der Waals surface area contributed by atoms with Crippen LogP contribution in [-0.4, -0.2) is 17.0 Å². The Morgan fingerprint density at radius 2 is 2.17 bits per heavy atom. The van der Waals surface area contributed by atoms with Gasteiger partial charge >= 0.3 is 0 Å². The lowest BCUT2D eigenvalue weighted by Gasteiger charge is -2.10. The molecule has 94 valence electrons. The van der Waals surface area contributed by atoms with E-state index in [1.54, 1.807) is 11.3 Å². The molecule has 1 N–H and O–H groups in total. The number of halogens is 1. The zero-order valence-electron chi connectivity index (χ0n) is 10.3. The minimum absolute atomic E-state index is 0.644. The summed E-state index contributed by atoms with van der Waals surface area (Å²) in [6.45, 7) is 2.11. The van der Waals surface area contributed by atoms with Crippen molar-refractivity contribution in [1.82, 2.24) is 9.97 Å². The van der Waals surface area contributed by atoms with Gasteiger partial charge in [0.25, 0.3) is 0 Å². The Labute approximate surface area is 124 Å². The van der Waals surface area contributed by atoms with Gasteiger partial charge in [0.05, 0.1) is 14.1 Å². The fraction of sp³-hybridized carbons (Fsp3) is 0.385. The Kier molecular flexibility index (Phi) is 3.27. The first-order valence-electron chi connectivity index (χ1n) is 6.00. The summed E-state index contributed by atoms with van der Waals surface area (Å²) in [6.07, 6.45) is 2.53.